The Bertz CT molecular complexity index is 1240. The number of anilines is 1. The van der Waals surface area contributed by atoms with Crippen LogP contribution in [-0.4, -0.2) is 84.7 Å². The van der Waals surface area contributed by atoms with Gasteiger partial charge < -0.3 is 19.6 Å². The van der Waals surface area contributed by atoms with Gasteiger partial charge in [-0.2, -0.15) is 26.3 Å². The van der Waals surface area contributed by atoms with E-state index in [2.05, 4.69) is 4.74 Å². The van der Waals surface area contributed by atoms with Gasteiger partial charge in [0.25, 0.3) is 6.10 Å². The van der Waals surface area contributed by atoms with Crippen LogP contribution in [0.4, 0.5) is 56.3 Å². The maximum Gasteiger partial charge on any atom is 0.434 e. The van der Waals surface area contributed by atoms with Crippen LogP contribution in [0.15, 0.2) is 23.1 Å². The number of likely N-dealkylation sites (tertiary alicyclic amines) is 2. The number of nitrogens with zero attached hydrogens (tertiary/aromatic N) is 3. The molecule has 4 rings (SSSR count). The molecule has 0 atom stereocenters. The molecule has 3 saturated heterocycles. The minimum Gasteiger partial charge on any atom is -0.481 e. The number of hydrogen-bond acceptors (Lipinski definition) is 5. The molecule has 3 aliphatic rings. The monoisotopic (exact) mass is 677 g/mol. The Labute approximate surface area is 244 Å². The van der Waals surface area contributed by atoms with Gasteiger partial charge in [0.2, 0.25) is 0 Å². The first-order valence-electron chi connectivity index (χ1n) is 13.5. The molecule has 3 fully saturated rings. The number of carboxylic acids is 1. The van der Waals surface area contributed by atoms with Crippen molar-refractivity contribution in [1.82, 2.24) is 9.80 Å². The summed E-state index contributed by atoms with van der Waals surface area (Å²) < 4.78 is 149. The highest BCUT2D eigenvalue weighted by Crippen LogP contribution is 3.02. The Morgan fingerprint density at radius 1 is 0.909 bits per heavy atom. The highest BCUT2D eigenvalue weighted by Gasteiger charge is 2.65. The van der Waals surface area contributed by atoms with Gasteiger partial charge in [-0.05, 0) is 68.3 Å². The summed E-state index contributed by atoms with van der Waals surface area (Å²) >= 11 is 0. The Morgan fingerprint density at radius 3 is 1.95 bits per heavy atom. The van der Waals surface area contributed by atoms with Crippen LogP contribution in [0.25, 0.3) is 0 Å². The fraction of sp³-hybridized carbons (Fsp3) is 0.680. The van der Waals surface area contributed by atoms with Crippen molar-refractivity contribution in [2.24, 2.45) is 11.3 Å². The normalized spacial score (nSPS) is 22.3. The van der Waals surface area contributed by atoms with Crippen molar-refractivity contribution in [2.75, 3.05) is 44.2 Å². The molecule has 0 unspecified atom stereocenters. The number of aliphatic carboxylic acids is 1. The van der Waals surface area contributed by atoms with Crippen molar-refractivity contribution in [3.8, 4) is 0 Å². The summed E-state index contributed by atoms with van der Waals surface area (Å²) in [6.45, 7) is 0.410. The van der Waals surface area contributed by atoms with Gasteiger partial charge in [-0.1, -0.05) is 25.5 Å². The van der Waals surface area contributed by atoms with Gasteiger partial charge in [0.05, 0.1) is 5.92 Å². The second-order valence-corrected chi connectivity index (χ2v) is 14.1. The molecule has 0 aliphatic carbocycles. The number of amides is 1. The second kappa shape index (κ2) is 10.7. The molecule has 3 heterocycles. The van der Waals surface area contributed by atoms with Gasteiger partial charge in [0.1, 0.15) is 4.90 Å². The van der Waals surface area contributed by atoms with Crippen molar-refractivity contribution in [3.63, 3.8) is 0 Å². The molecular formula is C25H30F11N3O4S. The number of rotatable bonds is 6. The fourth-order valence-electron chi connectivity index (χ4n) is 6.00. The van der Waals surface area contributed by atoms with Crippen molar-refractivity contribution >= 4 is 28.0 Å². The predicted octanol–water partition coefficient (Wildman–Crippen LogP) is 7.56. The second-order valence-electron chi connectivity index (χ2n) is 11.7. The van der Waals surface area contributed by atoms with Crippen molar-refractivity contribution in [2.45, 2.75) is 62.0 Å². The molecule has 7 nitrogen and oxygen atoms in total. The van der Waals surface area contributed by atoms with Crippen LogP contribution >= 0.6 is 10.2 Å². The van der Waals surface area contributed by atoms with Crippen molar-refractivity contribution < 1.29 is 65.2 Å². The highest BCUT2D eigenvalue weighted by molar-refractivity contribution is 8.45. The molecule has 1 aromatic rings. The minimum atomic E-state index is -10.0. The van der Waals surface area contributed by atoms with E-state index in [4.69, 9.17) is 0 Å². The maximum atomic E-state index is 13.6. The predicted molar refractivity (Wildman–Crippen MR) is 136 cm³/mol. The van der Waals surface area contributed by atoms with E-state index in [-0.39, 0.29) is 57.7 Å². The smallest absolute Gasteiger partial charge is 0.434 e. The summed E-state index contributed by atoms with van der Waals surface area (Å²) in [6.07, 6.45) is -16.5. The van der Waals surface area contributed by atoms with E-state index in [9.17, 15) is 60.5 Å². The van der Waals surface area contributed by atoms with Crippen LogP contribution in [-0.2, 0) is 16.1 Å². The SMILES string of the molecule is O=C(O)C1CCN(c2cc(S(F)(F)(F)(F)F)ccc2CN2CCC3(CC2)CCN(C(=O)OC(C(F)(F)F)C(F)(F)F)C3)CC1. The van der Waals surface area contributed by atoms with Crippen LogP contribution < -0.4 is 4.90 Å². The lowest BCUT2D eigenvalue weighted by Gasteiger charge is -2.42. The molecule has 0 radical (unpaired) electrons. The number of alkyl halides is 6. The lowest BCUT2D eigenvalue weighted by molar-refractivity contribution is -0.308. The van der Waals surface area contributed by atoms with Crippen LogP contribution in [0, 0.1) is 11.3 Å². The average Bonchev–Trinajstić information content (AvgIpc) is 3.30. The Kier molecular flexibility index (Phi) is 8.31. The highest BCUT2D eigenvalue weighted by atomic mass is 32.5. The summed E-state index contributed by atoms with van der Waals surface area (Å²) in [5.41, 5.74) is -0.435. The van der Waals surface area contributed by atoms with E-state index in [1.807, 2.05) is 4.90 Å². The summed E-state index contributed by atoms with van der Waals surface area (Å²) in [6, 6.07) is 1.66. The summed E-state index contributed by atoms with van der Waals surface area (Å²) in [4.78, 5) is 25.5. The number of piperidine rings is 2. The summed E-state index contributed by atoms with van der Waals surface area (Å²) in [5.74, 6) is -1.78. The number of ether oxygens (including phenoxy) is 1. The Morgan fingerprint density at radius 2 is 1.45 bits per heavy atom. The number of carboxylic acid groups (broad SMARTS) is 1. The Balaban J connectivity index is 1.44. The van der Waals surface area contributed by atoms with Gasteiger partial charge in [0.15, 0.2) is 0 Å². The van der Waals surface area contributed by atoms with E-state index in [0.717, 1.165) is 11.0 Å². The number of carbonyl (C=O) groups excluding carboxylic acids is 1. The molecule has 0 saturated carbocycles. The van der Waals surface area contributed by atoms with E-state index >= 15 is 0 Å². The van der Waals surface area contributed by atoms with E-state index in [1.54, 1.807) is 0 Å². The average molecular weight is 678 g/mol. The van der Waals surface area contributed by atoms with Gasteiger partial charge in [-0.15, -0.1) is 0 Å². The molecular weight excluding hydrogens is 647 g/mol. The molecule has 0 aromatic heterocycles. The van der Waals surface area contributed by atoms with E-state index in [1.165, 1.54) is 4.90 Å². The molecule has 44 heavy (non-hydrogen) atoms. The van der Waals surface area contributed by atoms with Crippen LogP contribution in [0.2, 0.25) is 0 Å². The number of halogens is 11. The molecule has 1 aromatic carbocycles. The first-order valence-corrected chi connectivity index (χ1v) is 15.5. The lowest BCUT2D eigenvalue weighted by Crippen LogP contribution is -2.48. The van der Waals surface area contributed by atoms with Crippen LogP contribution in [0.5, 0.6) is 0 Å². The van der Waals surface area contributed by atoms with Gasteiger partial charge >= 0.3 is 34.6 Å². The van der Waals surface area contributed by atoms with Crippen molar-refractivity contribution in [1.29, 1.82) is 0 Å². The first-order chi connectivity index (χ1) is 19.9. The molecule has 1 N–H and O–H groups in total. The quantitative estimate of drug-likeness (QED) is 0.314. The molecule has 1 amide bonds. The Hall–Kier alpha value is -2.70. The largest absolute Gasteiger partial charge is 0.481 e. The minimum absolute atomic E-state index is 0.0340. The van der Waals surface area contributed by atoms with Crippen LogP contribution in [0.1, 0.15) is 37.7 Å². The number of carbonyl (C=O) groups is 2. The number of hydrogen-bond donors (Lipinski definition) is 1. The zero-order valence-electron chi connectivity index (χ0n) is 23.0. The number of benzene rings is 1. The van der Waals surface area contributed by atoms with Gasteiger partial charge in [-0.25, -0.2) is 4.79 Å². The van der Waals surface area contributed by atoms with E-state index < -0.39 is 57.0 Å². The standard InChI is InChI=1S/C25H30F11N3O4S/c26-24(27,28)21(25(29,30)31)43-22(42)39-12-7-23(15-39)5-10-37(11-6-23)14-17-1-2-18(44(32,33,34,35)36)13-19(17)38-8-3-16(4-9-38)20(40)41/h1-2,13,16,21H,3-12,14-15H2,(H,40,41). The van der Waals surface area contributed by atoms with Gasteiger partial charge in [0, 0.05) is 38.4 Å². The molecule has 19 heteroatoms. The molecule has 0 bridgehead atoms. The third-order valence-electron chi connectivity index (χ3n) is 8.51. The van der Waals surface area contributed by atoms with Crippen molar-refractivity contribution in [3.05, 3.63) is 23.8 Å². The van der Waals surface area contributed by atoms with Crippen LogP contribution in [0.3, 0.4) is 0 Å². The summed E-state index contributed by atoms with van der Waals surface area (Å²) in [7, 11) is -10.0. The zero-order chi connectivity index (χ0) is 33.0. The van der Waals surface area contributed by atoms with E-state index in [0.29, 0.717) is 43.6 Å². The van der Waals surface area contributed by atoms with Gasteiger partial charge in [-0.3, -0.25) is 9.69 Å². The first kappa shape index (κ1) is 34.2. The fourth-order valence-corrected chi connectivity index (χ4v) is 6.66. The third-order valence-corrected chi connectivity index (χ3v) is 9.65. The molecule has 1 spiro atoms. The lowest BCUT2D eigenvalue weighted by atomic mass is 9.77. The maximum absolute atomic E-state index is 13.6. The third kappa shape index (κ3) is 7.92. The zero-order valence-corrected chi connectivity index (χ0v) is 23.8. The molecule has 252 valence electrons. The molecule has 3 aliphatic heterocycles. The topological polar surface area (TPSA) is 73.3 Å². The summed E-state index contributed by atoms with van der Waals surface area (Å²) in [5, 5.41) is 9.23.